The predicted octanol–water partition coefficient (Wildman–Crippen LogP) is 0.520. The van der Waals surface area contributed by atoms with Gasteiger partial charge in [0, 0.05) is 6.04 Å². The van der Waals surface area contributed by atoms with Gasteiger partial charge in [0.05, 0.1) is 6.04 Å². The zero-order valence-corrected chi connectivity index (χ0v) is 6.90. The van der Waals surface area contributed by atoms with Crippen molar-refractivity contribution in [1.82, 2.24) is 4.90 Å². The first-order chi connectivity index (χ1) is 5.79. The topological polar surface area (TPSA) is 76.8 Å². The molecule has 0 aromatic carbocycles. The SMILES string of the molecule is N#CN(C#N)C1CCCCC1N. The second-order valence-corrected chi connectivity index (χ2v) is 3.09. The first-order valence-electron chi connectivity index (χ1n) is 4.14. The van der Waals surface area contributed by atoms with Crippen LogP contribution in [0.4, 0.5) is 0 Å². The molecule has 1 aliphatic carbocycles. The predicted molar refractivity (Wildman–Crippen MR) is 43.3 cm³/mol. The largest absolute Gasteiger partial charge is 0.326 e. The molecule has 1 aliphatic rings. The number of hydrogen-bond donors (Lipinski definition) is 1. The van der Waals surface area contributed by atoms with Crippen LogP contribution in [0.25, 0.3) is 0 Å². The lowest BCUT2D eigenvalue weighted by molar-refractivity contribution is 0.258. The van der Waals surface area contributed by atoms with E-state index < -0.39 is 0 Å². The molecule has 12 heavy (non-hydrogen) atoms. The number of nitriles is 2. The third-order valence-electron chi connectivity index (χ3n) is 2.33. The van der Waals surface area contributed by atoms with Crippen molar-refractivity contribution in [2.24, 2.45) is 5.73 Å². The Balaban J connectivity index is 2.60. The molecule has 0 bridgehead atoms. The van der Waals surface area contributed by atoms with Crippen molar-refractivity contribution in [3.8, 4) is 12.4 Å². The molecule has 1 rings (SSSR count). The zero-order chi connectivity index (χ0) is 8.97. The van der Waals surface area contributed by atoms with Crippen molar-refractivity contribution in [2.75, 3.05) is 0 Å². The molecule has 0 spiro atoms. The van der Waals surface area contributed by atoms with Crippen molar-refractivity contribution in [1.29, 1.82) is 10.5 Å². The fourth-order valence-electron chi connectivity index (χ4n) is 1.63. The maximum absolute atomic E-state index is 8.59. The van der Waals surface area contributed by atoms with E-state index in [0.717, 1.165) is 30.6 Å². The van der Waals surface area contributed by atoms with E-state index in [1.54, 1.807) is 0 Å². The molecule has 4 heteroatoms. The summed E-state index contributed by atoms with van der Waals surface area (Å²) in [5.41, 5.74) is 5.79. The number of nitrogens with two attached hydrogens (primary N) is 1. The Hall–Kier alpha value is -1.26. The highest BCUT2D eigenvalue weighted by atomic mass is 15.2. The van der Waals surface area contributed by atoms with E-state index in [0.29, 0.717) is 0 Å². The molecule has 1 fully saturated rings. The highest BCUT2D eigenvalue weighted by molar-refractivity contribution is 4.98. The Labute approximate surface area is 72.2 Å². The van der Waals surface area contributed by atoms with E-state index in [-0.39, 0.29) is 12.1 Å². The van der Waals surface area contributed by atoms with Crippen LogP contribution in [0.3, 0.4) is 0 Å². The first-order valence-corrected chi connectivity index (χ1v) is 4.14. The molecule has 0 amide bonds. The van der Waals surface area contributed by atoms with E-state index >= 15 is 0 Å². The van der Waals surface area contributed by atoms with Crippen LogP contribution >= 0.6 is 0 Å². The van der Waals surface area contributed by atoms with Crippen LogP contribution < -0.4 is 5.73 Å². The van der Waals surface area contributed by atoms with E-state index in [1.807, 2.05) is 12.4 Å². The monoisotopic (exact) mass is 164 g/mol. The van der Waals surface area contributed by atoms with Crippen LogP contribution in [0.5, 0.6) is 0 Å². The van der Waals surface area contributed by atoms with Gasteiger partial charge >= 0.3 is 0 Å². The molecule has 2 unspecified atom stereocenters. The van der Waals surface area contributed by atoms with Crippen molar-refractivity contribution < 1.29 is 0 Å². The Morgan fingerprint density at radius 2 is 1.75 bits per heavy atom. The van der Waals surface area contributed by atoms with Crippen molar-refractivity contribution in [3.63, 3.8) is 0 Å². The average Bonchev–Trinajstić information content (AvgIpc) is 2.10. The first kappa shape index (κ1) is 8.83. The van der Waals surface area contributed by atoms with Gasteiger partial charge < -0.3 is 5.73 Å². The number of rotatable bonds is 1. The fraction of sp³-hybridized carbons (Fsp3) is 0.750. The molecule has 0 aliphatic heterocycles. The standard InChI is InChI=1S/C8H12N4/c9-5-12(6-10)8-4-2-1-3-7(8)11/h7-8H,1-4,11H2. The van der Waals surface area contributed by atoms with Gasteiger partial charge in [-0.25, -0.2) is 4.90 Å². The third kappa shape index (κ3) is 1.66. The van der Waals surface area contributed by atoms with Gasteiger partial charge in [0.15, 0.2) is 12.4 Å². The summed E-state index contributed by atoms with van der Waals surface area (Å²) in [6, 6.07) is -0.0770. The summed E-state index contributed by atoms with van der Waals surface area (Å²) in [6.07, 6.45) is 7.65. The summed E-state index contributed by atoms with van der Waals surface area (Å²) in [5, 5.41) is 17.2. The van der Waals surface area contributed by atoms with E-state index in [2.05, 4.69) is 0 Å². The van der Waals surface area contributed by atoms with Gasteiger partial charge in [0.2, 0.25) is 0 Å². The summed E-state index contributed by atoms with van der Waals surface area (Å²) < 4.78 is 0. The normalized spacial score (nSPS) is 28.6. The van der Waals surface area contributed by atoms with Crippen LogP contribution in [0.1, 0.15) is 25.7 Å². The van der Waals surface area contributed by atoms with Gasteiger partial charge in [-0.05, 0) is 12.8 Å². The Bertz CT molecular complexity index is 210. The van der Waals surface area contributed by atoms with Gasteiger partial charge in [-0.3, -0.25) is 0 Å². The lowest BCUT2D eigenvalue weighted by Crippen LogP contribution is -2.45. The summed E-state index contributed by atoms with van der Waals surface area (Å²) in [7, 11) is 0. The van der Waals surface area contributed by atoms with Crippen LogP contribution in [0, 0.1) is 22.9 Å². The highest BCUT2D eigenvalue weighted by Crippen LogP contribution is 2.20. The van der Waals surface area contributed by atoms with Crippen molar-refractivity contribution >= 4 is 0 Å². The van der Waals surface area contributed by atoms with Crippen LogP contribution in [-0.4, -0.2) is 17.0 Å². The van der Waals surface area contributed by atoms with Gasteiger partial charge in [0.1, 0.15) is 0 Å². The molecular formula is C8H12N4. The van der Waals surface area contributed by atoms with E-state index in [1.165, 1.54) is 0 Å². The summed E-state index contributed by atoms with van der Waals surface area (Å²) in [4.78, 5) is 1.11. The molecule has 0 radical (unpaired) electrons. The summed E-state index contributed by atoms with van der Waals surface area (Å²) in [6.45, 7) is 0. The lowest BCUT2D eigenvalue weighted by Gasteiger charge is -2.30. The van der Waals surface area contributed by atoms with E-state index in [4.69, 9.17) is 16.3 Å². The van der Waals surface area contributed by atoms with Crippen LogP contribution in [0.2, 0.25) is 0 Å². The maximum atomic E-state index is 8.59. The van der Waals surface area contributed by atoms with Crippen molar-refractivity contribution in [3.05, 3.63) is 0 Å². The molecule has 0 heterocycles. The van der Waals surface area contributed by atoms with Gasteiger partial charge in [-0.1, -0.05) is 12.8 Å². The second-order valence-electron chi connectivity index (χ2n) is 3.09. The lowest BCUT2D eigenvalue weighted by atomic mass is 9.90. The minimum atomic E-state index is -0.0613. The Morgan fingerprint density at radius 1 is 1.17 bits per heavy atom. The molecule has 64 valence electrons. The summed E-state index contributed by atoms with van der Waals surface area (Å²) >= 11 is 0. The Kier molecular flexibility index (Phi) is 2.90. The van der Waals surface area contributed by atoms with Gasteiger partial charge in [-0.2, -0.15) is 10.5 Å². The number of hydrogen-bond acceptors (Lipinski definition) is 4. The van der Waals surface area contributed by atoms with Crippen LogP contribution in [-0.2, 0) is 0 Å². The zero-order valence-electron chi connectivity index (χ0n) is 6.90. The quantitative estimate of drug-likeness (QED) is 0.452. The second kappa shape index (κ2) is 3.94. The Morgan fingerprint density at radius 3 is 2.25 bits per heavy atom. The highest BCUT2D eigenvalue weighted by Gasteiger charge is 2.27. The minimum Gasteiger partial charge on any atom is -0.326 e. The van der Waals surface area contributed by atoms with Gasteiger partial charge in [0.25, 0.3) is 0 Å². The smallest absolute Gasteiger partial charge is 0.194 e. The molecular weight excluding hydrogens is 152 g/mol. The molecule has 4 nitrogen and oxygen atoms in total. The number of nitrogens with zero attached hydrogens (tertiary/aromatic N) is 3. The molecule has 1 saturated carbocycles. The van der Waals surface area contributed by atoms with Crippen LogP contribution in [0.15, 0.2) is 0 Å². The molecule has 0 saturated heterocycles. The summed E-state index contributed by atoms with van der Waals surface area (Å²) in [5.74, 6) is 0. The van der Waals surface area contributed by atoms with Gasteiger partial charge in [-0.15, -0.1) is 0 Å². The molecule has 0 aromatic heterocycles. The fourth-order valence-corrected chi connectivity index (χ4v) is 1.63. The molecule has 2 atom stereocenters. The molecule has 0 aromatic rings. The maximum Gasteiger partial charge on any atom is 0.194 e. The average molecular weight is 164 g/mol. The molecule has 2 N–H and O–H groups in total. The van der Waals surface area contributed by atoms with Crippen molar-refractivity contribution in [2.45, 2.75) is 37.8 Å². The third-order valence-corrected chi connectivity index (χ3v) is 2.33. The minimum absolute atomic E-state index is 0.0157. The van der Waals surface area contributed by atoms with E-state index in [9.17, 15) is 0 Å².